The number of carboxylic acid groups (broad SMARTS) is 1. The van der Waals surface area contributed by atoms with E-state index < -0.39 is 24.1 Å². The van der Waals surface area contributed by atoms with E-state index in [1.54, 1.807) is 0 Å². The zero-order valence-electron chi connectivity index (χ0n) is 18.9. The lowest BCUT2D eigenvalue weighted by Crippen LogP contribution is -2.35. The third-order valence-corrected chi connectivity index (χ3v) is 6.47. The Hall–Kier alpha value is -3.06. The van der Waals surface area contributed by atoms with Crippen molar-refractivity contribution in [3.63, 3.8) is 0 Å². The second-order valence-electron chi connectivity index (χ2n) is 8.91. The van der Waals surface area contributed by atoms with Gasteiger partial charge in [-0.1, -0.05) is 24.3 Å². The number of anilines is 2. The van der Waals surface area contributed by atoms with Crippen molar-refractivity contribution in [2.45, 2.75) is 50.7 Å². The maximum Gasteiger partial charge on any atom is 0.345 e. The first kappa shape index (κ1) is 23.1. The summed E-state index contributed by atoms with van der Waals surface area (Å²) < 4.78 is 5.18. The zero-order valence-corrected chi connectivity index (χ0v) is 18.9. The molecular formula is C26H32N2O5. The van der Waals surface area contributed by atoms with Gasteiger partial charge >= 0.3 is 11.9 Å². The Morgan fingerprint density at radius 1 is 0.758 bits per heavy atom. The predicted octanol–water partition coefficient (Wildman–Crippen LogP) is 3.03. The third-order valence-electron chi connectivity index (χ3n) is 6.47. The van der Waals surface area contributed by atoms with E-state index in [2.05, 4.69) is 9.80 Å². The van der Waals surface area contributed by atoms with Gasteiger partial charge in [-0.2, -0.15) is 0 Å². The number of carboxylic acids is 1. The summed E-state index contributed by atoms with van der Waals surface area (Å²) in [4.78, 5) is 28.7. The van der Waals surface area contributed by atoms with Crippen molar-refractivity contribution >= 4 is 23.3 Å². The second-order valence-corrected chi connectivity index (χ2v) is 8.91. The molecular weight excluding hydrogens is 420 g/mol. The topological polar surface area (TPSA) is 90.3 Å². The smallest absolute Gasteiger partial charge is 0.345 e. The van der Waals surface area contributed by atoms with Gasteiger partial charge in [-0.15, -0.1) is 0 Å². The number of esters is 1. The fourth-order valence-corrected chi connectivity index (χ4v) is 4.56. The van der Waals surface area contributed by atoms with Gasteiger partial charge in [0, 0.05) is 50.4 Å². The van der Waals surface area contributed by atoms with Crippen LogP contribution in [0.3, 0.4) is 0 Å². The van der Waals surface area contributed by atoms with E-state index >= 15 is 0 Å². The molecule has 0 saturated carbocycles. The van der Waals surface area contributed by atoms with Crippen LogP contribution in [0.15, 0.2) is 48.5 Å². The minimum absolute atomic E-state index is 0.0542. The first-order valence-corrected chi connectivity index (χ1v) is 11.8. The molecule has 4 rings (SSSR count). The Morgan fingerprint density at radius 2 is 1.18 bits per heavy atom. The van der Waals surface area contributed by atoms with Crippen LogP contribution < -0.4 is 9.80 Å². The van der Waals surface area contributed by atoms with E-state index in [-0.39, 0.29) is 12.8 Å². The van der Waals surface area contributed by atoms with E-state index in [0.717, 1.165) is 48.7 Å². The number of nitrogens with zero attached hydrogens (tertiary/aromatic N) is 2. The number of benzene rings is 2. The molecule has 2 N–H and O–H groups in total. The van der Waals surface area contributed by atoms with Crippen molar-refractivity contribution in [2.75, 3.05) is 36.0 Å². The molecule has 2 heterocycles. The van der Waals surface area contributed by atoms with Crippen LogP contribution >= 0.6 is 0 Å². The lowest BCUT2D eigenvalue weighted by Gasteiger charge is -2.19. The summed E-state index contributed by atoms with van der Waals surface area (Å²) in [7, 11) is 0. The van der Waals surface area contributed by atoms with Gasteiger partial charge in [0.2, 0.25) is 6.10 Å². The molecule has 2 aliphatic rings. The molecule has 7 heteroatoms. The second kappa shape index (κ2) is 10.7. The fraction of sp³-hybridized carbons (Fsp3) is 0.462. The van der Waals surface area contributed by atoms with Crippen molar-refractivity contribution in [1.29, 1.82) is 0 Å². The lowest BCUT2D eigenvalue weighted by atomic mass is 10.1. The number of carbonyl (C=O) groups excluding carboxylic acids is 1. The normalized spacial score (nSPS) is 17.7. The third kappa shape index (κ3) is 6.05. The molecule has 0 bridgehead atoms. The highest BCUT2D eigenvalue weighted by molar-refractivity contribution is 5.80. The molecule has 2 aliphatic heterocycles. The molecule has 2 atom stereocenters. The molecule has 0 aromatic heterocycles. The van der Waals surface area contributed by atoms with E-state index in [0.29, 0.717) is 0 Å². The minimum atomic E-state index is -1.41. The highest BCUT2D eigenvalue weighted by atomic mass is 16.6. The van der Waals surface area contributed by atoms with Crippen LogP contribution in [0.2, 0.25) is 0 Å². The summed E-state index contributed by atoms with van der Waals surface area (Å²) in [6, 6.07) is 15.5. The van der Waals surface area contributed by atoms with Gasteiger partial charge < -0.3 is 24.7 Å². The monoisotopic (exact) mass is 452 g/mol. The van der Waals surface area contributed by atoms with Crippen molar-refractivity contribution in [3.05, 3.63) is 59.7 Å². The molecule has 2 unspecified atom stereocenters. The number of aliphatic carboxylic acids is 1. The minimum Gasteiger partial charge on any atom is -0.478 e. The number of rotatable bonds is 9. The van der Waals surface area contributed by atoms with Crippen molar-refractivity contribution in [1.82, 2.24) is 0 Å². The Morgan fingerprint density at radius 3 is 1.61 bits per heavy atom. The summed E-state index contributed by atoms with van der Waals surface area (Å²) in [5.74, 6) is -2.14. The van der Waals surface area contributed by atoms with E-state index in [9.17, 15) is 19.8 Å². The summed E-state index contributed by atoms with van der Waals surface area (Å²) >= 11 is 0. The molecule has 0 aliphatic carbocycles. The highest BCUT2D eigenvalue weighted by Crippen LogP contribution is 2.22. The molecule has 7 nitrogen and oxygen atoms in total. The molecule has 0 amide bonds. The van der Waals surface area contributed by atoms with Crippen LogP contribution in [0.5, 0.6) is 0 Å². The van der Waals surface area contributed by atoms with Gasteiger partial charge in [0.1, 0.15) is 0 Å². The SMILES string of the molecule is O=C(OC(Cc1ccc(N2CCCC2)cc1)C(=O)O)C(O)Cc1ccc(N2CCCC2)cc1. The average molecular weight is 453 g/mol. The highest BCUT2D eigenvalue weighted by Gasteiger charge is 2.27. The predicted molar refractivity (Wildman–Crippen MR) is 127 cm³/mol. The molecule has 176 valence electrons. The largest absolute Gasteiger partial charge is 0.478 e. The Bertz CT molecular complexity index is 932. The first-order valence-electron chi connectivity index (χ1n) is 11.8. The van der Waals surface area contributed by atoms with Gasteiger partial charge in [0.25, 0.3) is 0 Å². The van der Waals surface area contributed by atoms with Gasteiger partial charge in [0.05, 0.1) is 0 Å². The van der Waals surface area contributed by atoms with Crippen LogP contribution in [0.1, 0.15) is 36.8 Å². The van der Waals surface area contributed by atoms with Crippen LogP contribution in [-0.4, -0.2) is 60.5 Å². The first-order chi connectivity index (χ1) is 16.0. The van der Waals surface area contributed by atoms with Crippen molar-refractivity contribution in [3.8, 4) is 0 Å². The van der Waals surface area contributed by atoms with Crippen molar-refractivity contribution < 1.29 is 24.5 Å². The zero-order chi connectivity index (χ0) is 23.2. The number of aliphatic hydroxyl groups is 1. The average Bonchev–Trinajstić information content (AvgIpc) is 3.54. The Balaban J connectivity index is 1.31. The number of hydrogen-bond acceptors (Lipinski definition) is 6. The standard InChI is InChI=1S/C26H32N2O5/c29-23(17-19-5-9-21(10-6-19)27-13-1-2-14-27)26(32)33-24(25(30)31)18-20-7-11-22(12-8-20)28-15-3-4-16-28/h5-12,23-24,29H,1-4,13-18H2,(H,30,31). The molecule has 33 heavy (non-hydrogen) atoms. The van der Waals surface area contributed by atoms with Crippen LogP contribution in [0.4, 0.5) is 11.4 Å². The molecule has 2 saturated heterocycles. The number of carbonyl (C=O) groups is 2. The molecule has 2 fully saturated rings. The summed E-state index contributed by atoms with van der Waals surface area (Å²) in [5.41, 5.74) is 3.82. The van der Waals surface area contributed by atoms with Gasteiger partial charge in [-0.25, -0.2) is 9.59 Å². The van der Waals surface area contributed by atoms with Gasteiger partial charge in [0.15, 0.2) is 6.10 Å². The maximum atomic E-state index is 12.4. The van der Waals surface area contributed by atoms with Crippen LogP contribution in [0, 0.1) is 0 Å². The number of aliphatic hydroxyl groups excluding tert-OH is 1. The number of hydrogen-bond donors (Lipinski definition) is 2. The number of ether oxygens (including phenoxy) is 1. The van der Waals surface area contributed by atoms with E-state index in [1.807, 2.05) is 48.5 Å². The summed E-state index contributed by atoms with van der Waals surface area (Å²) in [6.07, 6.45) is 2.13. The molecule has 2 aromatic rings. The van der Waals surface area contributed by atoms with Crippen LogP contribution in [0.25, 0.3) is 0 Å². The Kier molecular flexibility index (Phi) is 7.50. The van der Waals surface area contributed by atoms with Crippen LogP contribution in [-0.2, 0) is 27.2 Å². The molecule has 2 aromatic carbocycles. The summed E-state index contributed by atoms with van der Waals surface area (Å²) in [6.45, 7) is 4.17. The van der Waals surface area contributed by atoms with E-state index in [1.165, 1.54) is 25.7 Å². The van der Waals surface area contributed by atoms with Crippen molar-refractivity contribution in [2.24, 2.45) is 0 Å². The fourth-order valence-electron chi connectivity index (χ4n) is 4.56. The Labute approximate surface area is 194 Å². The van der Waals surface area contributed by atoms with Gasteiger partial charge in [-0.3, -0.25) is 0 Å². The lowest BCUT2D eigenvalue weighted by molar-refractivity contribution is -0.170. The molecule has 0 spiro atoms. The van der Waals surface area contributed by atoms with Gasteiger partial charge in [-0.05, 0) is 61.1 Å². The summed E-state index contributed by atoms with van der Waals surface area (Å²) in [5, 5.41) is 19.9. The maximum absolute atomic E-state index is 12.4. The van der Waals surface area contributed by atoms with E-state index in [4.69, 9.17) is 4.74 Å². The quantitative estimate of drug-likeness (QED) is 0.565. The molecule has 0 radical (unpaired) electrons.